The van der Waals surface area contributed by atoms with Gasteiger partial charge in [0.1, 0.15) is 11.6 Å². The van der Waals surface area contributed by atoms with E-state index < -0.39 is 0 Å². The zero-order valence-electron chi connectivity index (χ0n) is 12.9. The van der Waals surface area contributed by atoms with Crippen molar-refractivity contribution in [3.63, 3.8) is 0 Å². The van der Waals surface area contributed by atoms with E-state index in [1.54, 1.807) is 42.1 Å². The Hall–Kier alpha value is -2.54. The molecule has 24 heavy (non-hydrogen) atoms. The van der Waals surface area contributed by atoms with Gasteiger partial charge in [0.05, 0.1) is 18.4 Å². The van der Waals surface area contributed by atoms with Crippen LogP contribution < -0.4 is 10.2 Å². The molecule has 0 amide bonds. The van der Waals surface area contributed by atoms with Crippen LogP contribution in [0.5, 0.6) is 5.75 Å². The minimum Gasteiger partial charge on any atom is -0.497 e. The molecule has 122 valence electrons. The molecule has 4 rings (SSSR count). The normalized spacial score (nSPS) is 19.2. The lowest BCUT2D eigenvalue weighted by atomic mass is 10.1. The van der Waals surface area contributed by atoms with Gasteiger partial charge in [-0.3, -0.25) is 5.43 Å². The molecule has 0 spiro atoms. The lowest BCUT2D eigenvalue weighted by Gasteiger charge is -2.27. The Morgan fingerprint density at radius 1 is 1.21 bits per heavy atom. The van der Waals surface area contributed by atoms with Crippen LogP contribution in [-0.4, -0.2) is 34.9 Å². The molecule has 2 aliphatic rings. The second kappa shape index (κ2) is 6.16. The van der Waals surface area contributed by atoms with Gasteiger partial charge in [-0.25, -0.2) is 9.40 Å². The van der Waals surface area contributed by atoms with Crippen LogP contribution in [0.4, 0.5) is 4.39 Å². The van der Waals surface area contributed by atoms with E-state index in [-0.39, 0.29) is 11.3 Å². The number of nitrogens with one attached hydrogen (secondary N) is 1. The summed E-state index contributed by atoms with van der Waals surface area (Å²) in [6.07, 6.45) is 0. The SMILES string of the molecule is COc1ccc(C2=NN3C(c4ccccc4F)=NNC3SC2)cc1. The number of thioether (sulfide) groups is 1. The number of amidine groups is 1. The number of rotatable bonds is 3. The first-order valence-electron chi connectivity index (χ1n) is 7.47. The maximum Gasteiger partial charge on any atom is 0.185 e. The number of fused-ring (bicyclic) bond motifs is 1. The number of benzene rings is 2. The number of halogens is 1. The Morgan fingerprint density at radius 2 is 2.00 bits per heavy atom. The number of hydrazone groups is 2. The van der Waals surface area contributed by atoms with E-state index in [0.29, 0.717) is 11.4 Å². The molecular formula is C17H15FN4OS. The lowest BCUT2D eigenvalue weighted by Crippen LogP contribution is -2.39. The molecule has 1 unspecified atom stereocenters. The van der Waals surface area contributed by atoms with Crippen LogP contribution in [0.1, 0.15) is 11.1 Å². The summed E-state index contributed by atoms with van der Waals surface area (Å²) in [5.74, 6) is 1.74. The molecule has 0 aliphatic carbocycles. The highest BCUT2D eigenvalue weighted by molar-refractivity contribution is 8.00. The maximum absolute atomic E-state index is 14.1. The average molecular weight is 342 g/mol. The van der Waals surface area contributed by atoms with Crippen LogP contribution in [0.25, 0.3) is 0 Å². The van der Waals surface area contributed by atoms with E-state index in [9.17, 15) is 4.39 Å². The standard InChI is InChI=1S/C17H15FN4OS/c1-23-12-8-6-11(7-9-12)15-10-24-17-20-19-16(22(17)21-15)13-4-2-3-5-14(13)18/h2-9,17,20H,10H2,1H3. The molecule has 7 heteroatoms. The summed E-state index contributed by atoms with van der Waals surface area (Å²) in [6, 6.07) is 14.3. The highest BCUT2D eigenvalue weighted by Crippen LogP contribution is 2.28. The van der Waals surface area contributed by atoms with Gasteiger partial charge in [-0.1, -0.05) is 12.1 Å². The first-order valence-corrected chi connectivity index (χ1v) is 8.52. The van der Waals surface area contributed by atoms with Crippen LogP contribution in [-0.2, 0) is 0 Å². The molecule has 2 aromatic carbocycles. The number of hydrogen-bond acceptors (Lipinski definition) is 6. The van der Waals surface area contributed by atoms with E-state index in [0.717, 1.165) is 22.8 Å². The molecule has 1 atom stereocenters. The van der Waals surface area contributed by atoms with Crippen molar-refractivity contribution < 1.29 is 9.13 Å². The van der Waals surface area contributed by atoms with Crippen molar-refractivity contribution in [2.24, 2.45) is 10.2 Å². The number of ether oxygens (including phenoxy) is 1. The van der Waals surface area contributed by atoms with E-state index in [4.69, 9.17) is 9.84 Å². The molecule has 1 N–H and O–H groups in total. The van der Waals surface area contributed by atoms with E-state index in [1.165, 1.54) is 6.07 Å². The highest BCUT2D eigenvalue weighted by atomic mass is 32.2. The van der Waals surface area contributed by atoms with Crippen molar-refractivity contribution in [2.75, 3.05) is 12.9 Å². The van der Waals surface area contributed by atoms with Crippen LogP contribution in [0, 0.1) is 5.82 Å². The predicted molar refractivity (Wildman–Crippen MR) is 93.7 cm³/mol. The van der Waals surface area contributed by atoms with Crippen LogP contribution in [0.15, 0.2) is 58.7 Å². The van der Waals surface area contributed by atoms with Crippen molar-refractivity contribution in [3.8, 4) is 5.75 Å². The largest absolute Gasteiger partial charge is 0.497 e. The van der Waals surface area contributed by atoms with Crippen molar-refractivity contribution >= 4 is 23.3 Å². The molecule has 0 saturated carbocycles. The minimum atomic E-state index is -0.310. The Labute approximate surface area is 143 Å². The second-order valence-electron chi connectivity index (χ2n) is 5.33. The number of nitrogens with zero attached hydrogens (tertiary/aromatic N) is 3. The summed E-state index contributed by atoms with van der Waals surface area (Å²) >= 11 is 1.67. The third-order valence-electron chi connectivity index (χ3n) is 3.86. The van der Waals surface area contributed by atoms with Gasteiger partial charge in [0.25, 0.3) is 0 Å². The van der Waals surface area contributed by atoms with E-state index in [1.807, 2.05) is 24.3 Å². The topological polar surface area (TPSA) is 49.2 Å². The first kappa shape index (κ1) is 15.0. The molecule has 2 aliphatic heterocycles. The predicted octanol–water partition coefficient (Wildman–Crippen LogP) is 2.84. The molecular weight excluding hydrogens is 327 g/mol. The maximum atomic E-state index is 14.1. The minimum absolute atomic E-state index is 0.110. The summed E-state index contributed by atoms with van der Waals surface area (Å²) < 4.78 is 19.3. The van der Waals surface area contributed by atoms with Crippen LogP contribution in [0.2, 0.25) is 0 Å². The van der Waals surface area contributed by atoms with Gasteiger partial charge in [0.2, 0.25) is 0 Å². The zero-order valence-corrected chi connectivity index (χ0v) is 13.8. The van der Waals surface area contributed by atoms with Crippen molar-refractivity contribution in [2.45, 2.75) is 5.50 Å². The molecule has 2 heterocycles. The fraction of sp³-hybridized carbons (Fsp3) is 0.176. The second-order valence-corrected chi connectivity index (χ2v) is 6.40. The molecule has 2 aromatic rings. The monoisotopic (exact) mass is 342 g/mol. The van der Waals surface area contributed by atoms with Gasteiger partial charge in [-0.15, -0.1) is 11.8 Å². The van der Waals surface area contributed by atoms with Gasteiger partial charge in [0, 0.05) is 5.75 Å². The summed E-state index contributed by atoms with van der Waals surface area (Å²) in [7, 11) is 1.64. The number of hydrogen-bond donors (Lipinski definition) is 1. The Bertz CT molecular complexity index is 822. The molecule has 0 bridgehead atoms. The summed E-state index contributed by atoms with van der Waals surface area (Å²) in [5, 5.41) is 10.7. The van der Waals surface area contributed by atoms with Gasteiger partial charge in [0.15, 0.2) is 11.3 Å². The summed E-state index contributed by atoms with van der Waals surface area (Å²) in [4.78, 5) is 0. The van der Waals surface area contributed by atoms with Crippen LogP contribution in [0.3, 0.4) is 0 Å². The fourth-order valence-corrected chi connectivity index (χ4v) is 3.56. The molecule has 5 nitrogen and oxygen atoms in total. The first-order chi connectivity index (χ1) is 11.8. The molecule has 0 fully saturated rings. The zero-order chi connectivity index (χ0) is 16.5. The Kier molecular flexibility index (Phi) is 3.86. The van der Waals surface area contributed by atoms with Crippen molar-refractivity contribution in [1.82, 2.24) is 10.4 Å². The molecule has 0 saturated heterocycles. The van der Waals surface area contributed by atoms with Gasteiger partial charge < -0.3 is 4.74 Å². The average Bonchev–Trinajstić information content (AvgIpc) is 3.05. The smallest absolute Gasteiger partial charge is 0.185 e. The van der Waals surface area contributed by atoms with Crippen molar-refractivity contribution in [1.29, 1.82) is 0 Å². The summed E-state index contributed by atoms with van der Waals surface area (Å²) in [5.41, 5.74) is 5.27. The highest BCUT2D eigenvalue weighted by Gasteiger charge is 2.34. The van der Waals surface area contributed by atoms with E-state index >= 15 is 0 Å². The summed E-state index contributed by atoms with van der Waals surface area (Å²) in [6.45, 7) is 0. The fourth-order valence-electron chi connectivity index (χ4n) is 2.61. The van der Waals surface area contributed by atoms with Crippen molar-refractivity contribution in [3.05, 3.63) is 65.5 Å². The third-order valence-corrected chi connectivity index (χ3v) is 4.93. The Balaban J connectivity index is 1.67. The van der Waals surface area contributed by atoms with Gasteiger partial charge in [-0.05, 0) is 42.0 Å². The van der Waals surface area contributed by atoms with Gasteiger partial charge in [-0.2, -0.15) is 10.2 Å². The Morgan fingerprint density at radius 3 is 2.75 bits per heavy atom. The molecule has 0 radical (unpaired) electrons. The third kappa shape index (κ3) is 2.60. The van der Waals surface area contributed by atoms with E-state index in [2.05, 4.69) is 10.5 Å². The molecule has 0 aromatic heterocycles. The number of methoxy groups -OCH3 is 1. The van der Waals surface area contributed by atoms with Gasteiger partial charge >= 0.3 is 0 Å². The lowest BCUT2D eigenvalue weighted by molar-refractivity contribution is 0.409. The quantitative estimate of drug-likeness (QED) is 0.932. The van der Waals surface area contributed by atoms with Crippen LogP contribution >= 0.6 is 11.8 Å².